The number of nitro groups is 1. The molecule has 2 rings (SSSR count). The van der Waals surface area contributed by atoms with Gasteiger partial charge in [0.05, 0.1) is 4.92 Å². The number of ether oxygens (including phenoxy) is 1. The van der Waals surface area contributed by atoms with Crippen LogP contribution in [-0.2, 0) is 0 Å². The predicted molar refractivity (Wildman–Crippen MR) is 72.0 cm³/mol. The van der Waals surface area contributed by atoms with Crippen molar-refractivity contribution in [3.05, 3.63) is 62.6 Å². The van der Waals surface area contributed by atoms with E-state index in [1.54, 1.807) is 24.3 Å². The Morgan fingerprint density at radius 3 is 2.56 bits per heavy atom. The summed E-state index contributed by atoms with van der Waals surface area (Å²) < 4.78 is 6.53. The van der Waals surface area contributed by atoms with Gasteiger partial charge in [0.1, 0.15) is 5.75 Å². The smallest absolute Gasteiger partial charge is 0.311 e. The second-order valence-corrected chi connectivity index (χ2v) is 4.65. The fourth-order valence-corrected chi connectivity index (χ4v) is 2.02. The van der Waals surface area contributed by atoms with Gasteiger partial charge in [-0.25, -0.2) is 0 Å². The minimum absolute atomic E-state index is 0.0418. The first-order chi connectivity index (χ1) is 8.58. The maximum absolute atomic E-state index is 10.9. The molecular weight excluding hydrogens is 298 g/mol. The molecule has 0 saturated carbocycles. The van der Waals surface area contributed by atoms with E-state index in [1.807, 2.05) is 19.1 Å². The molecule has 0 saturated heterocycles. The molecule has 0 aliphatic rings. The molecule has 0 unspecified atom stereocenters. The van der Waals surface area contributed by atoms with Gasteiger partial charge < -0.3 is 4.74 Å². The Bertz CT molecular complexity index is 599. The summed E-state index contributed by atoms with van der Waals surface area (Å²) in [6.45, 7) is 1.88. The van der Waals surface area contributed by atoms with Crippen molar-refractivity contribution in [2.24, 2.45) is 0 Å². The summed E-state index contributed by atoms with van der Waals surface area (Å²) >= 11 is 3.36. The number of benzene rings is 2. The minimum Gasteiger partial charge on any atom is -0.450 e. The van der Waals surface area contributed by atoms with Crippen LogP contribution in [0.4, 0.5) is 5.69 Å². The van der Waals surface area contributed by atoms with Crippen LogP contribution in [0.3, 0.4) is 0 Å². The molecule has 2 aromatic rings. The van der Waals surface area contributed by atoms with Gasteiger partial charge in [0, 0.05) is 10.5 Å². The van der Waals surface area contributed by atoms with E-state index < -0.39 is 4.92 Å². The topological polar surface area (TPSA) is 52.4 Å². The fraction of sp³-hybridized carbons (Fsp3) is 0.0769. The van der Waals surface area contributed by atoms with Crippen LogP contribution in [0.1, 0.15) is 5.56 Å². The van der Waals surface area contributed by atoms with Crippen molar-refractivity contribution in [3.63, 3.8) is 0 Å². The van der Waals surface area contributed by atoms with Gasteiger partial charge in [-0.1, -0.05) is 28.1 Å². The number of nitrogens with zero attached hydrogens (tertiary/aromatic N) is 1. The number of hydrogen-bond donors (Lipinski definition) is 0. The Kier molecular flexibility index (Phi) is 3.62. The van der Waals surface area contributed by atoms with Gasteiger partial charge in [-0.05, 0) is 36.8 Å². The normalized spacial score (nSPS) is 10.1. The Balaban J connectivity index is 2.37. The molecule has 5 heteroatoms. The number of hydrogen-bond acceptors (Lipinski definition) is 3. The van der Waals surface area contributed by atoms with Gasteiger partial charge >= 0.3 is 5.69 Å². The van der Waals surface area contributed by atoms with E-state index in [9.17, 15) is 10.1 Å². The molecule has 2 aromatic carbocycles. The largest absolute Gasteiger partial charge is 0.450 e. The van der Waals surface area contributed by atoms with Gasteiger partial charge in [0.2, 0.25) is 5.75 Å². The molecule has 0 radical (unpaired) electrons. The lowest BCUT2D eigenvalue weighted by molar-refractivity contribution is -0.385. The summed E-state index contributed by atoms with van der Waals surface area (Å²) in [5, 5.41) is 10.9. The monoisotopic (exact) mass is 307 g/mol. The Morgan fingerprint density at radius 1 is 1.17 bits per heavy atom. The minimum atomic E-state index is -0.455. The summed E-state index contributed by atoms with van der Waals surface area (Å²) in [5.74, 6) is 0.848. The van der Waals surface area contributed by atoms with Crippen LogP contribution in [0, 0.1) is 17.0 Å². The van der Waals surface area contributed by atoms with Crippen molar-refractivity contribution >= 4 is 21.6 Å². The van der Waals surface area contributed by atoms with Crippen molar-refractivity contribution in [1.29, 1.82) is 0 Å². The van der Waals surface area contributed by atoms with Gasteiger partial charge in [-0.2, -0.15) is 0 Å². The van der Waals surface area contributed by atoms with Crippen LogP contribution < -0.4 is 4.74 Å². The van der Waals surface area contributed by atoms with Crippen LogP contribution in [0.15, 0.2) is 46.9 Å². The lowest BCUT2D eigenvalue weighted by Gasteiger charge is -2.09. The molecule has 0 aliphatic heterocycles. The second-order valence-electron chi connectivity index (χ2n) is 3.74. The van der Waals surface area contributed by atoms with E-state index in [-0.39, 0.29) is 11.4 Å². The first-order valence-corrected chi connectivity index (χ1v) is 6.04. The molecule has 0 spiro atoms. The fourth-order valence-electron chi connectivity index (χ4n) is 1.54. The number of halogens is 1. The lowest BCUT2D eigenvalue weighted by atomic mass is 10.2. The maximum Gasteiger partial charge on any atom is 0.311 e. The highest BCUT2D eigenvalue weighted by molar-refractivity contribution is 9.10. The van der Waals surface area contributed by atoms with Crippen LogP contribution in [0.5, 0.6) is 11.5 Å². The molecule has 0 fully saturated rings. The highest BCUT2D eigenvalue weighted by Crippen LogP contribution is 2.33. The number of para-hydroxylation sites is 2. The van der Waals surface area contributed by atoms with Crippen LogP contribution >= 0.6 is 15.9 Å². The summed E-state index contributed by atoms with van der Waals surface area (Å²) in [7, 11) is 0. The predicted octanol–water partition coefficient (Wildman–Crippen LogP) is 4.46. The maximum atomic E-state index is 10.9. The average molecular weight is 308 g/mol. The third-order valence-electron chi connectivity index (χ3n) is 2.42. The second kappa shape index (κ2) is 5.18. The van der Waals surface area contributed by atoms with E-state index in [2.05, 4.69) is 15.9 Å². The van der Waals surface area contributed by atoms with Gasteiger partial charge in [0.25, 0.3) is 0 Å². The van der Waals surface area contributed by atoms with Crippen molar-refractivity contribution in [2.45, 2.75) is 6.92 Å². The first kappa shape index (κ1) is 12.6. The zero-order valence-electron chi connectivity index (χ0n) is 9.59. The van der Waals surface area contributed by atoms with Crippen LogP contribution in [0.25, 0.3) is 0 Å². The molecule has 0 aromatic heterocycles. The Morgan fingerprint density at radius 2 is 1.89 bits per heavy atom. The van der Waals surface area contributed by atoms with Crippen LogP contribution in [0.2, 0.25) is 0 Å². The highest BCUT2D eigenvalue weighted by atomic mass is 79.9. The van der Waals surface area contributed by atoms with E-state index in [0.29, 0.717) is 5.75 Å². The molecule has 92 valence electrons. The van der Waals surface area contributed by atoms with E-state index in [4.69, 9.17) is 4.74 Å². The highest BCUT2D eigenvalue weighted by Gasteiger charge is 2.15. The standard InChI is InChI=1S/C13H10BrNO3/c1-9-8-10(14)6-7-12(9)18-13-5-3-2-4-11(13)15(16)17/h2-8H,1H3. The van der Waals surface area contributed by atoms with Crippen molar-refractivity contribution in [2.75, 3.05) is 0 Å². The molecule has 0 aliphatic carbocycles. The van der Waals surface area contributed by atoms with Gasteiger partial charge in [-0.15, -0.1) is 0 Å². The molecule has 0 heterocycles. The molecule has 0 amide bonds. The number of nitro benzene ring substituents is 1. The number of rotatable bonds is 3. The third kappa shape index (κ3) is 2.68. The summed E-state index contributed by atoms with van der Waals surface area (Å²) in [6, 6.07) is 11.8. The Labute approximate surface area is 112 Å². The van der Waals surface area contributed by atoms with Gasteiger partial charge in [-0.3, -0.25) is 10.1 Å². The molecule has 0 N–H and O–H groups in total. The molecule has 4 nitrogen and oxygen atoms in total. The third-order valence-corrected chi connectivity index (χ3v) is 2.91. The SMILES string of the molecule is Cc1cc(Br)ccc1Oc1ccccc1[N+](=O)[O-]. The van der Waals surface area contributed by atoms with Crippen LogP contribution in [-0.4, -0.2) is 4.92 Å². The summed E-state index contributed by atoms with van der Waals surface area (Å²) in [6.07, 6.45) is 0. The quantitative estimate of drug-likeness (QED) is 0.621. The van der Waals surface area contributed by atoms with Crippen molar-refractivity contribution < 1.29 is 9.66 Å². The Hall–Kier alpha value is -1.88. The van der Waals surface area contributed by atoms with E-state index in [0.717, 1.165) is 10.0 Å². The van der Waals surface area contributed by atoms with Gasteiger partial charge in [0.15, 0.2) is 0 Å². The lowest BCUT2D eigenvalue weighted by Crippen LogP contribution is -1.94. The zero-order chi connectivity index (χ0) is 13.1. The first-order valence-electron chi connectivity index (χ1n) is 5.25. The molecule has 0 atom stereocenters. The van der Waals surface area contributed by atoms with Crippen molar-refractivity contribution in [3.8, 4) is 11.5 Å². The van der Waals surface area contributed by atoms with Crippen molar-refractivity contribution in [1.82, 2.24) is 0 Å². The van der Waals surface area contributed by atoms with E-state index in [1.165, 1.54) is 6.07 Å². The molecule has 0 bridgehead atoms. The zero-order valence-corrected chi connectivity index (χ0v) is 11.2. The summed E-state index contributed by atoms with van der Waals surface area (Å²) in [4.78, 5) is 10.4. The molecular formula is C13H10BrNO3. The molecule has 18 heavy (non-hydrogen) atoms. The van der Waals surface area contributed by atoms with E-state index >= 15 is 0 Å². The number of aryl methyl sites for hydroxylation is 1. The summed E-state index contributed by atoms with van der Waals surface area (Å²) in [5.41, 5.74) is 0.863. The average Bonchev–Trinajstić information content (AvgIpc) is 2.33.